The molecule has 158 valence electrons. The van der Waals surface area contributed by atoms with Gasteiger partial charge in [0, 0.05) is 47.3 Å². The predicted octanol–water partition coefficient (Wildman–Crippen LogP) is 5.46. The highest BCUT2D eigenvalue weighted by Gasteiger charge is 2.21. The molecule has 0 spiro atoms. The first kappa shape index (κ1) is 20.9. The number of hydrogen-bond donors (Lipinski definition) is 1. The van der Waals surface area contributed by atoms with Gasteiger partial charge in [0.25, 0.3) is 0 Å². The van der Waals surface area contributed by atoms with E-state index in [-0.39, 0.29) is 10.8 Å². The molecule has 30 heavy (non-hydrogen) atoms. The van der Waals surface area contributed by atoms with E-state index in [0.717, 1.165) is 37.2 Å². The van der Waals surface area contributed by atoms with Gasteiger partial charge in [0.15, 0.2) is 11.6 Å². The van der Waals surface area contributed by atoms with Crippen LogP contribution in [0.4, 0.5) is 10.2 Å². The average Bonchev–Trinajstić information content (AvgIpc) is 3.24. The van der Waals surface area contributed by atoms with Crippen molar-refractivity contribution in [2.45, 2.75) is 31.9 Å². The van der Waals surface area contributed by atoms with Crippen molar-refractivity contribution < 1.29 is 13.9 Å². The number of halogens is 3. The van der Waals surface area contributed by atoms with Crippen molar-refractivity contribution in [3.8, 4) is 16.9 Å². The van der Waals surface area contributed by atoms with E-state index in [0.29, 0.717) is 22.4 Å². The third-order valence-electron chi connectivity index (χ3n) is 5.17. The molecule has 1 fully saturated rings. The molecule has 0 amide bonds. The Morgan fingerprint density at radius 2 is 2.00 bits per heavy atom. The third kappa shape index (κ3) is 4.24. The fraction of sp³-hybridized carbons (Fsp3) is 0.333. The van der Waals surface area contributed by atoms with Gasteiger partial charge >= 0.3 is 0 Å². The van der Waals surface area contributed by atoms with Gasteiger partial charge in [-0.15, -0.1) is 0 Å². The Balaban J connectivity index is 1.58. The maximum Gasteiger partial charge on any atom is 0.166 e. The number of anilines is 1. The molecule has 0 saturated carbocycles. The first-order valence-corrected chi connectivity index (χ1v) is 10.4. The summed E-state index contributed by atoms with van der Waals surface area (Å²) in [4.78, 5) is 4.24. The van der Waals surface area contributed by atoms with E-state index in [9.17, 15) is 4.39 Å². The van der Waals surface area contributed by atoms with Crippen LogP contribution in [-0.2, 0) is 4.74 Å². The van der Waals surface area contributed by atoms with E-state index in [1.54, 1.807) is 25.4 Å². The fourth-order valence-corrected chi connectivity index (χ4v) is 4.19. The Bertz CT molecular complexity index is 1050. The molecule has 1 unspecified atom stereocenters. The zero-order valence-electron chi connectivity index (χ0n) is 16.3. The number of benzene rings is 1. The van der Waals surface area contributed by atoms with Crippen LogP contribution in [0.15, 0.2) is 36.8 Å². The van der Waals surface area contributed by atoms with Crippen molar-refractivity contribution in [1.29, 1.82) is 0 Å². The van der Waals surface area contributed by atoms with Crippen LogP contribution in [0.25, 0.3) is 11.1 Å². The summed E-state index contributed by atoms with van der Waals surface area (Å²) in [5.41, 5.74) is 8.07. The van der Waals surface area contributed by atoms with Gasteiger partial charge in [-0.05, 0) is 38.0 Å². The molecule has 0 bridgehead atoms. The van der Waals surface area contributed by atoms with Crippen molar-refractivity contribution in [3.63, 3.8) is 0 Å². The van der Waals surface area contributed by atoms with Crippen LogP contribution in [0.1, 0.15) is 37.5 Å². The quantitative estimate of drug-likeness (QED) is 0.521. The van der Waals surface area contributed by atoms with Crippen molar-refractivity contribution in [2.24, 2.45) is 0 Å². The van der Waals surface area contributed by atoms with Crippen LogP contribution in [0.2, 0.25) is 10.0 Å². The highest BCUT2D eigenvalue weighted by atomic mass is 35.5. The molecule has 1 saturated heterocycles. The number of nitrogens with zero attached hydrogens (tertiary/aromatic N) is 3. The highest BCUT2D eigenvalue weighted by Crippen LogP contribution is 2.37. The first-order chi connectivity index (χ1) is 14.4. The Morgan fingerprint density at radius 1 is 1.23 bits per heavy atom. The van der Waals surface area contributed by atoms with Gasteiger partial charge in [-0.25, -0.2) is 9.37 Å². The predicted molar refractivity (Wildman–Crippen MR) is 114 cm³/mol. The zero-order valence-corrected chi connectivity index (χ0v) is 17.8. The number of aromatic nitrogens is 3. The maximum absolute atomic E-state index is 13.9. The van der Waals surface area contributed by atoms with Gasteiger partial charge in [0.1, 0.15) is 11.9 Å². The minimum atomic E-state index is -0.634. The Morgan fingerprint density at radius 3 is 2.77 bits per heavy atom. The number of pyridine rings is 1. The van der Waals surface area contributed by atoms with Crippen LogP contribution >= 0.6 is 23.2 Å². The smallest absolute Gasteiger partial charge is 0.166 e. The van der Waals surface area contributed by atoms with Crippen LogP contribution in [0.3, 0.4) is 0 Å². The topological polar surface area (TPSA) is 75.2 Å². The number of nitrogen functional groups attached to an aromatic ring is 1. The molecule has 1 aliphatic heterocycles. The van der Waals surface area contributed by atoms with Gasteiger partial charge in [-0.2, -0.15) is 5.10 Å². The van der Waals surface area contributed by atoms with Gasteiger partial charge in [-0.3, -0.25) is 4.68 Å². The molecule has 0 aliphatic carbocycles. The lowest BCUT2D eigenvalue weighted by Gasteiger charge is -2.22. The number of ether oxygens (including phenoxy) is 2. The summed E-state index contributed by atoms with van der Waals surface area (Å²) < 4.78 is 27.2. The zero-order chi connectivity index (χ0) is 21.3. The lowest BCUT2D eigenvalue weighted by Crippen LogP contribution is -2.19. The minimum Gasteiger partial charge on any atom is -0.482 e. The molecular formula is C21H21Cl2FN4O2. The summed E-state index contributed by atoms with van der Waals surface area (Å²) in [6.45, 7) is 3.20. The molecule has 1 atom stereocenters. The van der Waals surface area contributed by atoms with Gasteiger partial charge in [0.05, 0.1) is 17.3 Å². The monoisotopic (exact) mass is 450 g/mol. The largest absolute Gasteiger partial charge is 0.482 e. The SMILES string of the molecule is CC(Oc1cc(-c2cnn(C3CCOCC3)c2)cnc1N)c1c(Cl)ccc(F)c1Cl. The Labute approximate surface area is 183 Å². The van der Waals surface area contributed by atoms with E-state index in [2.05, 4.69) is 10.1 Å². The molecule has 3 aromatic rings. The summed E-state index contributed by atoms with van der Waals surface area (Å²) in [6.07, 6.45) is 6.67. The van der Waals surface area contributed by atoms with E-state index < -0.39 is 11.9 Å². The highest BCUT2D eigenvalue weighted by molar-refractivity contribution is 6.36. The average molecular weight is 451 g/mol. The summed E-state index contributed by atoms with van der Waals surface area (Å²) >= 11 is 12.3. The normalized spacial score (nSPS) is 15.9. The maximum atomic E-state index is 13.9. The molecule has 1 aliphatic rings. The first-order valence-electron chi connectivity index (χ1n) is 9.62. The Hall–Kier alpha value is -2.35. The third-order valence-corrected chi connectivity index (χ3v) is 5.88. The van der Waals surface area contributed by atoms with Crippen LogP contribution in [0.5, 0.6) is 5.75 Å². The lowest BCUT2D eigenvalue weighted by molar-refractivity contribution is 0.0662. The minimum absolute atomic E-state index is 0.0737. The molecule has 6 nitrogen and oxygen atoms in total. The van der Waals surface area contributed by atoms with Gasteiger partial charge in [-0.1, -0.05) is 23.2 Å². The summed E-state index contributed by atoms with van der Waals surface area (Å²) in [5, 5.41) is 4.73. The molecule has 3 heterocycles. The second kappa shape index (κ2) is 8.79. The van der Waals surface area contributed by atoms with Gasteiger partial charge in [0.2, 0.25) is 0 Å². The lowest BCUT2D eigenvalue weighted by atomic mass is 10.1. The van der Waals surface area contributed by atoms with E-state index >= 15 is 0 Å². The molecule has 0 radical (unpaired) electrons. The number of rotatable bonds is 5. The van der Waals surface area contributed by atoms with Crippen LogP contribution in [-0.4, -0.2) is 28.0 Å². The molecule has 2 aromatic heterocycles. The molecule has 9 heteroatoms. The Kier molecular flexibility index (Phi) is 6.13. The van der Waals surface area contributed by atoms with Gasteiger partial charge < -0.3 is 15.2 Å². The van der Waals surface area contributed by atoms with Crippen molar-refractivity contribution in [2.75, 3.05) is 18.9 Å². The second-order valence-electron chi connectivity index (χ2n) is 7.18. The van der Waals surface area contributed by atoms with E-state index in [1.165, 1.54) is 12.1 Å². The summed E-state index contributed by atoms with van der Waals surface area (Å²) in [7, 11) is 0. The van der Waals surface area contributed by atoms with Crippen LogP contribution in [0, 0.1) is 5.82 Å². The summed E-state index contributed by atoms with van der Waals surface area (Å²) in [6, 6.07) is 4.77. The molecule has 2 N–H and O–H groups in total. The van der Waals surface area contributed by atoms with E-state index in [1.807, 2.05) is 10.9 Å². The van der Waals surface area contributed by atoms with Crippen molar-refractivity contribution >= 4 is 29.0 Å². The standard InChI is InChI=1S/C21H21Cl2FN4O2/c1-12(19-16(22)2-3-17(24)20(19)23)30-18-8-13(9-26-21(18)25)14-10-27-28(11-14)15-4-6-29-7-5-15/h2-3,8-12,15H,4-7H2,1H3,(H2,25,26). The molecule has 4 rings (SSSR count). The second-order valence-corrected chi connectivity index (χ2v) is 7.96. The summed E-state index contributed by atoms with van der Waals surface area (Å²) in [5.74, 6) is 0.00757. The fourth-order valence-electron chi connectivity index (χ4n) is 3.51. The molecular weight excluding hydrogens is 430 g/mol. The van der Waals surface area contributed by atoms with E-state index in [4.69, 9.17) is 38.4 Å². The van der Waals surface area contributed by atoms with Crippen LogP contribution < -0.4 is 10.5 Å². The number of hydrogen-bond acceptors (Lipinski definition) is 5. The van der Waals surface area contributed by atoms with Crippen molar-refractivity contribution in [1.82, 2.24) is 14.8 Å². The molecule has 1 aromatic carbocycles. The van der Waals surface area contributed by atoms with Crippen molar-refractivity contribution in [3.05, 3.63) is 58.2 Å². The number of nitrogens with two attached hydrogens (primary N) is 1.